The number of aromatic nitrogens is 3. The number of fused-ring (bicyclic) bond motifs is 2. The zero-order chi connectivity index (χ0) is 22.0. The molecule has 1 atom stereocenters. The molecule has 3 heterocycles. The molecule has 166 valence electrons. The SMILES string of the molecule is Cc1nc2c(-c3nn(C(C)C)c4c3CCC(CNC3(C)CS(=O)(=O)C3)C4)cccc2o1. The van der Waals surface area contributed by atoms with Gasteiger partial charge in [0.15, 0.2) is 21.3 Å². The van der Waals surface area contributed by atoms with Gasteiger partial charge in [-0.1, -0.05) is 12.1 Å². The molecule has 0 saturated carbocycles. The highest BCUT2D eigenvalue weighted by Crippen LogP contribution is 2.37. The maximum absolute atomic E-state index is 11.6. The highest BCUT2D eigenvalue weighted by Gasteiger charge is 2.44. The summed E-state index contributed by atoms with van der Waals surface area (Å²) < 4.78 is 31.1. The van der Waals surface area contributed by atoms with Crippen LogP contribution in [0.1, 0.15) is 50.4 Å². The van der Waals surface area contributed by atoms with Gasteiger partial charge in [-0.25, -0.2) is 13.4 Å². The van der Waals surface area contributed by atoms with E-state index in [0.29, 0.717) is 11.8 Å². The van der Waals surface area contributed by atoms with Crippen LogP contribution in [0.4, 0.5) is 0 Å². The van der Waals surface area contributed by atoms with Crippen molar-refractivity contribution in [1.29, 1.82) is 0 Å². The quantitative estimate of drug-likeness (QED) is 0.651. The molecule has 8 heteroatoms. The molecule has 1 aliphatic carbocycles. The summed E-state index contributed by atoms with van der Waals surface area (Å²) in [6.07, 6.45) is 2.98. The predicted molar refractivity (Wildman–Crippen MR) is 121 cm³/mol. The lowest BCUT2D eigenvalue weighted by atomic mass is 9.85. The molecule has 2 aromatic heterocycles. The summed E-state index contributed by atoms with van der Waals surface area (Å²) in [5, 5.41) is 8.58. The molecule has 1 aliphatic heterocycles. The Bertz CT molecular complexity index is 1240. The van der Waals surface area contributed by atoms with E-state index in [-0.39, 0.29) is 23.1 Å². The maximum Gasteiger partial charge on any atom is 0.192 e. The second kappa shape index (κ2) is 7.17. The van der Waals surface area contributed by atoms with E-state index in [9.17, 15) is 8.42 Å². The minimum atomic E-state index is -2.84. The van der Waals surface area contributed by atoms with E-state index in [2.05, 4.69) is 34.9 Å². The summed E-state index contributed by atoms with van der Waals surface area (Å²) in [7, 11) is -2.84. The maximum atomic E-state index is 11.6. The Labute approximate surface area is 183 Å². The van der Waals surface area contributed by atoms with Crippen molar-refractivity contribution in [3.63, 3.8) is 0 Å². The summed E-state index contributed by atoms with van der Waals surface area (Å²) in [6.45, 7) is 9.05. The van der Waals surface area contributed by atoms with Crippen molar-refractivity contribution in [2.45, 2.75) is 58.5 Å². The highest BCUT2D eigenvalue weighted by atomic mass is 32.2. The molecule has 0 bridgehead atoms. The van der Waals surface area contributed by atoms with Gasteiger partial charge in [0.25, 0.3) is 0 Å². The molecule has 31 heavy (non-hydrogen) atoms. The Morgan fingerprint density at radius 3 is 2.81 bits per heavy atom. The van der Waals surface area contributed by atoms with Crippen molar-refractivity contribution in [2.24, 2.45) is 5.92 Å². The van der Waals surface area contributed by atoms with E-state index in [1.54, 1.807) is 0 Å². The summed E-state index contributed by atoms with van der Waals surface area (Å²) in [4.78, 5) is 4.62. The van der Waals surface area contributed by atoms with Gasteiger partial charge in [0.05, 0.1) is 17.2 Å². The molecular weight excluding hydrogens is 412 g/mol. The standard InChI is InChI=1S/C23H30N4O3S/c1-14(2)27-19-10-16(11-24-23(4)12-31(28,29)13-23)8-9-17(19)21(26-27)18-6-5-7-20-22(18)25-15(3)30-20/h5-7,14,16,24H,8-13H2,1-4H3. The fourth-order valence-electron chi connectivity index (χ4n) is 5.20. The van der Waals surface area contributed by atoms with Crippen LogP contribution in [0.2, 0.25) is 0 Å². The van der Waals surface area contributed by atoms with E-state index < -0.39 is 9.84 Å². The van der Waals surface area contributed by atoms with Crippen molar-refractivity contribution in [2.75, 3.05) is 18.1 Å². The van der Waals surface area contributed by atoms with E-state index in [1.807, 2.05) is 26.0 Å². The Morgan fingerprint density at radius 1 is 1.32 bits per heavy atom. The monoisotopic (exact) mass is 442 g/mol. The molecule has 1 aromatic carbocycles. The second-order valence-corrected chi connectivity index (χ2v) is 11.8. The van der Waals surface area contributed by atoms with Gasteiger partial charge in [0, 0.05) is 35.3 Å². The minimum Gasteiger partial charge on any atom is -0.441 e. The molecule has 1 saturated heterocycles. The summed E-state index contributed by atoms with van der Waals surface area (Å²) in [5.41, 5.74) is 6.06. The number of oxazole rings is 1. The number of aryl methyl sites for hydroxylation is 1. The first-order chi connectivity index (χ1) is 14.6. The average Bonchev–Trinajstić information content (AvgIpc) is 3.24. The van der Waals surface area contributed by atoms with Crippen LogP contribution in [-0.2, 0) is 22.7 Å². The number of hydrogen-bond acceptors (Lipinski definition) is 6. The topological polar surface area (TPSA) is 90.0 Å². The number of nitrogens with zero attached hydrogens (tertiary/aromatic N) is 3. The number of para-hydroxylation sites is 1. The van der Waals surface area contributed by atoms with Gasteiger partial charge in [-0.3, -0.25) is 4.68 Å². The molecule has 7 nitrogen and oxygen atoms in total. The van der Waals surface area contributed by atoms with Crippen LogP contribution in [0.3, 0.4) is 0 Å². The van der Waals surface area contributed by atoms with E-state index in [1.165, 1.54) is 11.3 Å². The minimum absolute atomic E-state index is 0.243. The van der Waals surface area contributed by atoms with Crippen molar-refractivity contribution in [3.8, 4) is 11.3 Å². The number of hydrogen-bond donors (Lipinski definition) is 1. The van der Waals surface area contributed by atoms with Crippen LogP contribution < -0.4 is 5.32 Å². The Kier molecular flexibility index (Phi) is 4.79. The van der Waals surface area contributed by atoms with Crippen molar-refractivity contribution in [1.82, 2.24) is 20.1 Å². The van der Waals surface area contributed by atoms with Crippen LogP contribution in [0.25, 0.3) is 22.4 Å². The van der Waals surface area contributed by atoms with Crippen LogP contribution in [-0.4, -0.2) is 46.8 Å². The molecule has 1 N–H and O–H groups in total. The van der Waals surface area contributed by atoms with Crippen LogP contribution in [0.5, 0.6) is 0 Å². The normalized spacial score (nSPS) is 21.9. The Morgan fingerprint density at radius 2 is 2.10 bits per heavy atom. The van der Waals surface area contributed by atoms with Gasteiger partial charge in [0.2, 0.25) is 0 Å². The largest absolute Gasteiger partial charge is 0.441 e. The van der Waals surface area contributed by atoms with Gasteiger partial charge in [-0.05, 0) is 58.6 Å². The van der Waals surface area contributed by atoms with Gasteiger partial charge in [-0.2, -0.15) is 5.10 Å². The zero-order valence-corrected chi connectivity index (χ0v) is 19.4. The second-order valence-electron chi connectivity index (χ2n) is 9.78. The van der Waals surface area contributed by atoms with Crippen LogP contribution >= 0.6 is 0 Å². The Hall–Kier alpha value is -2.19. The fourth-order valence-corrected chi connectivity index (χ4v) is 7.26. The van der Waals surface area contributed by atoms with Crippen LogP contribution in [0.15, 0.2) is 22.6 Å². The molecule has 0 radical (unpaired) electrons. The van der Waals surface area contributed by atoms with Crippen molar-refractivity contribution in [3.05, 3.63) is 35.3 Å². The molecule has 1 unspecified atom stereocenters. The molecule has 0 spiro atoms. The zero-order valence-electron chi connectivity index (χ0n) is 18.6. The first-order valence-electron chi connectivity index (χ1n) is 11.1. The van der Waals surface area contributed by atoms with Crippen molar-refractivity contribution < 1.29 is 12.8 Å². The van der Waals surface area contributed by atoms with E-state index in [0.717, 1.165) is 48.2 Å². The molecular formula is C23H30N4O3S. The summed E-state index contributed by atoms with van der Waals surface area (Å²) in [5.74, 6) is 1.62. The molecule has 3 aromatic rings. The van der Waals surface area contributed by atoms with E-state index >= 15 is 0 Å². The molecule has 2 aliphatic rings. The average molecular weight is 443 g/mol. The van der Waals surface area contributed by atoms with Gasteiger partial charge in [-0.15, -0.1) is 0 Å². The first kappa shape index (κ1) is 20.7. The predicted octanol–water partition coefficient (Wildman–Crippen LogP) is 3.46. The summed E-state index contributed by atoms with van der Waals surface area (Å²) in [6, 6.07) is 6.31. The third-order valence-electron chi connectivity index (χ3n) is 6.57. The highest BCUT2D eigenvalue weighted by molar-refractivity contribution is 7.93. The van der Waals surface area contributed by atoms with Gasteiger partial charge < -0.3 is 9.73 Å². The first-order valence-corrected chi connectivity index (χ1v) is 12.9. The molecule has 0 amide bonds. The summed E-state index contributed by atoms with van der Waals surface area (Å²) >= 11 is 0. The number of rotatable bonds is 5. The van der Waals surface area contributed by atoms with Gasteiger partial charge in [0.1, 0.15) is 5.52 Å². The smallest absolute Gasteiger partial charge is 0.192 e. The fraction of sp³-hybridized carbons (Fsp3) is 0.565. The van der Waals surface area contributed by atoms with E-state index in [4.69, 9.17) is 9.52 Å². The lowest BCUT2D eigenvalue weighted by Gasteiger charge is -2.40. The number of nitrogens with one attached hydrogen (secondary N) is 1. The Balaban J connectivity index is 1.44. The lowest BCUT2D eigenvalue weighted by molar-refractivity contribution is 0.326. The third kappa shape index (κ3) is 3.69. The van der Waals surface area contributed by atoms with Crippen molar-refractivity contribution >= 4 is 20.9 Å². The number of sulfone groups is 1. The third-order valence-corrected chi connectivity index (χ3v) is 8.72. The lowest BCUT2D eigenvalue weighted by Crippen LogP contribution is -2.62. The van der Waals surface area contributed by atoms with Crippen LogP contribution in [0, 0.1) is 12.8 Å². The van der Waals surface area contributed by atoms with Gasteiger partial charge >= 0.3 is 0 Å². The molecule has 5 rings (SSSR count). The number of benzene rings is 1. The molecule has 1 fully saturated rings.